The maximum atomic E-state index is 14.5. The van der Waals surface area contributed by atoms with Crippen molar-refractivity contribution in [3.63, 3.8) is 0 Å². The Morgan fingerprint density at radius 1 is 1.17 bits per heavy atom. The summed E-state index contributed by atoms with van der Waals surface area (Å²) in [4.78, 5) is 11.3. The maximum absolute atomic E-state index is 14.5. The van der Waals surface area contributed by atoms with Crippen LogP contribution < -0.4 is 5.32 Å². The Hall–Kier alpha value is -2.19. The number of aryl methyl sites for hydroxylation is 1. The molecule has 5 nitrogen and oxygen atoms in total. The lowest BCUT2D eigenvalue weighted by atomic mass is 9.90. The van der Waals surface area contributed by atoms with Gasteiger partial charge < -0.3 is 10.1 Å². The fourth-order valence-electron chi connectivity index (χ4n) is 4.25. The van der Waals surface area contributed by atoms with Crippen molar-refractivity contribution in [1.29, 1.82) is 0 Å². The van der Waals surface area contributed by atoms with E-state index in [4.69, 9.17) is 4.74 Å². The molecule has 0 amide bonds. The number of rotatable bonds is 5. The van der Waals surface area contributed by atoms with Crippen LogP contribution in [-0.2, 0) is 17.6 Å². The topological polar surface area (TPSA) is 50.3 Å². The minimum absolute atomic E-state index is 0.204. The average Bonchev–Trinajstić information content (AvgIpc) is 2.74. The van der Waals surface area contributed by atoms with Crippen molar-refractivity contribution in [3.8, 4) is 0 Å². The number of aromatic nitrogens is 2. The second-order valence-electron chi connectivity index (χ2n) is 7.61. The van der Waals surface area contributed by atoms with Crippen LogP contribution in [0.2, 0.25) is 0 Å². The van der Waals surface area contributed by atoms with Gasteiger partial charge in [-0.15, -0.1) is 0 Å². The van der Waals surface area contributed by atoms with Crippen molar-refractivity contribution < 1.29 is 17.9 Å². The van der Waals surface area contributed by atoms with E-state index in [1.165, 1.54) is 18.5 Å². The second-order valence-corrected chi connectivity index (χ2v) is 7.61. The van der Waals surface area contributed by atoms with E-state index in [1.54, 1.807) is 6.92 Å². The van der Waals surface area contributed by atoms with Gasteiger partial charge in [0.15, 0.2) is 0 Å². The molecule has 1 aliphatic heterocycles. The van der Waals surface area contributed by atoms with Crippen LogP contribution in [0.5, 0.6) is 0 Å². The number of ether oxygens (including phenoxy) is 1. The monoisotopic (exact) mass is 406 g/mol. The fraction of sp³-hybridized carbons (Fsp3) is 0.524. The van der Waals surface area contributed by atoms with E-state index in [2.05, 4.69) is 20.2 Å². The lowest BCUT2D eigenvalue weighted by Gasteiger charge is -2.37. The van der Waals surface area contributed by atoms with Gasteiger partial charge in [0.05, 0.1) is 24.8 Å². The molecule has 2 aromatic rings. The van der Waals surface area contributed by atoms with E-state index in [0.29, 0.717) is 11.9 Å². The van der Waals surface area contributed by atoms with Crippen LogP contribution in [0.4, 0.5) is 19.0 Å². The first-order chi connectivity index (χ1) is 14.0. The number of morpholine rings is 1. The number of fused-ring (bicyclic) bond motifs is 1. The molecule has 0 spiro atoms. The van der Waals surface area contributed by atoms with Crippen molar-refractivity contribution in [2.45, 2.75) is 44.7 Å². The zero-order valence-electron chi connectivity index (χ0n) is 16.4. The molecule has 0 saturated carbocycles. The van der Waals surface area contributed by atoms with Crippen LogP contribution in [0.3, 0.4) is 0 Å². The van der Waals surface area contributed by atoms with Gasteiger partial charge in [-0.25, -0.2) is 23.1 Å². The molecule has 4 rings (SSSR count). The Labute approximate surface area is 168 Å². The van der Waals surface area contributed by atoms with Crippen LogP contribution in [0.25, 0.3) is 0 Å². The van der Waals surface area contributed by atoms with Gasteiger partial charge in [0.25, 0.3) is 6.43 Å². The fourth-order valence-corrected chi connectivity index (χ4v) is 4.25. The Balaban J connectivity index is 1.55. The highest BCUT2D eigenvalue weighted by Crippen LogP contribution is 2.32. The van der Waals surface area contributed by atoms with E-state index in [-0.39, 0.29) is 5.56 Å². The zero-order valence-corrected chi connectivity index (χ0v) is 16.4. The van der Waals surface area contributed by atoms with Crippen molar-refractivity contribution in [1.82, 2.24) is 14.9 Å². The van der Waals surface area contributed by atoms with Crippen molar-refractivity contribution in [2.24, 2.45) is 0 Å². The highest BCUT2D eigenvalue weighted by atomic mass is 19.3. The Bertz CT molecular complexity index is 858. The Morgan fingerprint density at radius 3 is 2.69 bits per heavy atom. The van der Waals surface area contributed by atoms with Gasteiger partial charge in [-0.2, -0.15) is 0 Å². The third-order valence-corrected chi connectivity index (χ3v) is 5.86. The Morgan fingerprint density at radius 2 is 1.93 bits per heavy atom. The van der Waals surface area contributed by atoms with Gasteiger partial charge in [-0.3, -0.25) is 4.90 Å². The average molecular weight is 406 g/mol. The van der Waals surface area contributed by atoms with Gasteiger partial charge in [0.1, 0.15) is 18.0 Å². The third kappa shape index (κ3) is 4.23. The minimum Gasteiger partial charge on any atom is -0.379 e. The molecule has 1 unspecified atom stereocenters. The van der Waals surface area contributed by atoms with Gasteiger partial charge in [-0.05, 0) is 26.2 Å². The number of alkyl halides is 2. The van der Waals surface area contributed by atoms with Crippen molar-refractivity contribution in [2.75, 3.05) is 31.6 Å². The molecule has 2 heterocycles. The standard InChI is InChI=1S/C21H25F3N4O/c1-13(15-3-2-4-16(19(15)22)20(23)24)27-21-17-11-14(28-7-9-29-10-8-28)5-6-18(17)25-12-26-21/h2-4,12-14,20H,5-11H2,1H3,(H,25,26,27)/t13-,14?/m1/s1. The molecule has 0 bridgehead atoms. The number of nitrogens with one attached hydrogen (secondary N) is 1. The predicted molar refractivity (Wildman–Crippen MR) is 104 cm³/mol. The summed E-state index contributed by atoms with van der Waals surface area (Å²) >= 11 is 0. The molecule has 1 N–H and O–H groups in total. The quantitative estimate of drug-likeness (QED) is 0.816. The van der Waals surface area contributed by atoms with Crippen molar-refractivity contribution >= 4 is 5.82 Å². The molecular formula is C21H25F3N4O. The summed E-state index contributed by atoms with van der Waals surface area (Å²) in [7, 11) is 0. The maximum Gasteiger partial charge on any atom is 0.266 e. The molecule has 156 valence electrons. The molecule has 1 aromatic heterocycles. The summed E-state index contributed by atoms with van der Waals surface area (Å²) < 4.78 is 46.1. The third-order valence-electron chi connectivity index (χ3n) is 5.86. The number of hydrogen-bond acceptors (Lipinski definition) is 5. The van der Waals surface area contributed by atoms with Crippen LogP contribution in [0, 0.1) is 5.82 Å². The first-order valence-electron chi connectivity index (χ1n) is 10.0. The first kappa shape index (κ1) is 20.1. The molecule has 2 aliphatic rings. The van der Waals surface area contributed by atoms with E-state index in [1.807, 2.05) is 0 Å². The SMILES string of the molecule is C[C@@H](Nc1ncnc2c1CC(N1CCOCC1)CC2)c1cccc(C(F)F)c1F. The molecule has 0 radical (unpaired) electrons. The van der Waals surface area contributed by atoms with Crippen LogP contribution >= 0.6 is 0 Å². The van der Waals surface area contributed by atoms with Crippen LogP contribution in [0.1, 0.15) is 48.2 Å². The minimum atomic E-state index is -2.84. The molecular weight excluding hydrogens is 381 g/mol. The molecule has 8 heteroatoms. The lowest BCUT2D eigenvalue weighted by Crippen LogP contribution is -2.46. The second kappa shape index (κ2) is 8.67. The summed E-state index contributed by atoms with van der Waals surface area (Å²) in [6.07, 6.45) is 1.37. The van der Waals surface area contributed by atoms with E-state index in [0.717, 1.165) is 62.9 Å². The Kier molecular flexibility index (Phi) is 6.01. The number of anilines is 1. The molecule has 1 fully saturated rings. The smallest absolute Gasteiger partial charge is 0.266 e. The molecule has 1 aromatic carbocycles. The van der Waals surface area contributed by atoms with Gasteiger partial charge in [0, 0.05) is 36.0 Å². The highest BCUT2D eigenvalue weighted by Gasteiger charge is 2.29. The largest absolute Gasteiger partial charge is 0.379 e. The predicted octanol–water partition coefficient (Wildman–Crippen LogP) is 3.92. The number of nitrogens with zero attached hydrogens (tertiary/aromatic N) is 3. The van der Waals surface area contributed by atoms with E-state index in [9.17, 15) is 13.2 Å². The normalized spacial score (nSPS) is 21.1. The highest BCUT2D eigenvalue weighted by molar-refractivity contribution is 5.49. The van der Waals surface area contributed by atoms with Gasteiger partial charge in [0.2, 0.25) is 0 Å². The molecule has 1 aliphatic carbocycles. The number of hydrogen-bond donors (Lipinski definition) is 1. The van der Waals surface area contributed by atoms with E-state index < -0.39 is 23.8 Å². The summed E-state index contributed by atoms with van der Waals surface area (Å²) in [6, 6.07) is 4.00. The van der Waals surface area contributed by atoms with Gasteiger partial charge >= 0.3 is 0 Å². The zero-order chi connectivity index (χ0) is 20.4. The summed E-state index contributed by atoms with van der Waals surface area (Å²) in [5.74, 6) is -0.209. The lowest BCUT2D eigenvalue weighted by molar-refractivity contribution is 0.0136. The molecule has 2 atom stereocenters. The van der Waals surface area contributed by atoms with Crippen LogP contribution in [0.15, 0.2) is 24.5 Å². The first-order valence-corrected chi connectivity index (χ1v) is 10.0. The van der Waals surface area contributed by atoms with E-state index >= 15 is 0 Å². The number of benzene rings is 1. The summed E-state index contributed by atoms with van der Waals surface area (Å²) in [5, 5.41) is 3.24. The van der Waals surface area contributed by atoms with Crippen molar-refractivity contribution in [3.05, 3.63) is 52.7 Å². The summed E-state index contributed by atoms with van der Waals surface area (Å²) in [6.45, 7) is 5.08. The van der Waals surface area contributed by atoms with Gasteiger partial charge in [-0.1, -0.05) is 18.2 Å². The summed E-state index contributed by atoms with van der Waals surface area (Å²) in [5.41, 5.74) is 1.66. The molecule has 1 saturated heterocycles. The number of halogens is 3. The molecule has 29 heavy (non-hydrogen) atoms. The van der Waals surface area contributed by atoms with Crippen LogP contribution in [-0.4, -0.2) is 47.2 Å².